The third kappa shape index (κ3) is 3.99. The molecule has 0 unspecified atom stereocenters. The number of H-pyrrole nitrogens is 1. The molecule has 7 heteroatoms. The van der Waals surface area contributed by atoms with Gasteiger partial charge >= 0.3 is 0 Å². The van der Waals surface area contributed by atoms with Crippen LogP contribution in [0.15, 0.2) is 40.3 Å². The van der Waals surface area contributed by atoms with Crippen LogP contribution in [-0.2, 0) is 0 Å². The molecule has 2 rings (SSSR count). The van der Waals surface area contributed by atoms with Gasteiger partial charge in [-0.15, -0.1) is 0 Å². The normalized spacial score (nSPS) is 10.4. The van der Waals surface area contributed by atoms with E-state index < -0.39 is 5.82 Å². The highest BCUT2D eigenvalue weighted by Gasteiger charge is 2.03. The van der Waals surface area contributed by atoms with Gasteiger partial charge in [0.1, 0.15) is 5.82 Å². The molecule has 0 spiro atoms. The first-order valence-electron chi connectivity index (χ1n) is 5.52. The van der Waals surface area contributed by atoms with Crippen molar-refractivity contribution >= 4 is 17.6 Å². The van der Waals surface area contributed by atoms with Crippen molar-refractivity contribution in [1.29, 1.82) is 0 Å². The van der Waals surface area contributed by atoms with Crippen LogP contribution in [0.3, 0.4) is 0 Å². The first-order chi connectivity index (χ1) is 9.15. The Morgan fingerprint density at radius 1 is 1.42 bits per heavy atom. The van der Waals surface area contributed by atoms with Crippen LogP contribution < -0.4 is 16.0 Å². The molecule has 0 aliphatic carbocycles. The highest BCUT2D eigenvalue weighted by molar-refractivity contribution is 7.99. The highest BCUT2D eigenvalue weighted by atomic mass is 32.2. The first-order valence-corrected chi connectivity index (χ1v) is 6.50. The first kappa shape index (κ1) is 13.4. The van der Waals surface area contributed by atoms with Crippen LogP contribution in [0.25, 0.3) is 0 Å². The average Bonchev–Trinajstić information content (AvgIpc) is 2.35. The number of aromatic amines is 1. The quantitative estimate of drug-likeness (QED) is 0.495. The Balaban J connectivity index is 1.84. The number of rotatable bonds is 5. The van der Waals surface area contributed by atoms with Crippen LogP contribution in [-0.4, -0.2) is 22.3 Å². The maximum Gasteiger partial charge on any atom is 0.253 e. The number of halogens is 1. The van der Waals surface area contributed by atoms with Gasteiger partial charge in [-0.3, -0.25) is 4.79 Å². The van der Waals surface area contributed by atoms with E-state index >= 15 is 0 Å². The SMILES string of the molecule is Nc1cc(=O)[nH]c(SCCOc2ccccc2F)n1. The lowest BCUT2D eigenvalue weighted by Gasteiger charge is -2.06. The van der Waals surface area contributed by atoms with Gasteiger partial charge < -0.3 is 15.5 Å². The molecule has 5 nitrogen and oxygen atoms in total. The van der Waals surface area contributed by atoms with E-state index in [0.717, 1.165) is 0 Å². The van der Waals surface area contributed by atoms with Gasteiger partial charge in [-0.2, -0.15) is 0 Å². The number of thioether (sulfide) groups is 1. The van der Waals surface area contributed by atoms with E-state index in [0.29, 0.717) is 17.5 Å². The number of para-hydroxylation sites is 1. The van der Waals surface area contributed by atoms with Gasteiger partial charge in [-0.25, -0.2) is 9.37 Å². The minimum absolute atomic E-state index is 0.168. The molecule has 0 bridgehead atoms. The number of aromatic nitrogens is 2. The molecule has 1 aromatic heterocycles. The lowest BCUT2D eigenvalue weighted by Crippen LogP contribution is -2.10. The predicted octanol–water partition coefficient (Wildman–Crippen LogP) is 1.66. The van der Waals surface area contributed by atoms with Crippen LogP contribution in [0.2, 0.25) is 0 Å². The van der Waals surface area contributed by atoms with Crippen molar-refractivity contribution in [3.05, 3.63) is 46.5 Å². The monoisotopic (exact) mass is 281 g/mol. The maximum absolute atomic E-state index is 13.2. The molecule has 0 atom stereocenters. The van der Waals surface area contributed by atoms with Crippen molar-refractivity contribution < 1.29 is 9.13 Å². The van der Waals surface area contributed by atoms with Gasteiger partial charge in [-0.05, 0) is 12.1 Å². The standard InChI is InChI=1S/C12H12FN3O2S/c13-8-3-1-2-4-9(8)18-5-6-19-12-15-10(14)7-11(17)16-12/h1-4,7H,5-6H2,(H3,14,15,16,17). The smallest absolute Gasteiger partial charge is 0.253 e. The number of anilines is 1. The molecular weight excluding hydrogens is 269 g/mol. The number of nitrogens with zero attached hydrogens (tertiary/aromatic N) is 1. The molecule has 1 aromatic carbocycles. The minimum Gasteiger partial charge on any atom is -0.490 e. The fraction of sp³-hybridized carbons (Fsp3) is 0.167. The fourth-order valence-corrected chi connectivity index (χ4v) is 2.08. The molecule has 19 heavy (non-hydrogen) atoms. The summed E-state index contributed by atoms with van der Waals surface area (Å²) >= 11 is 1.28. The van der Waals surface area contributed by atoms with E-state index in [4.69, 9.17) is 10.5 Å². The zero-order valence-electron chi connectivity index (χ0n) is 9.93. The molecule has 1 heterocycles. The second kappa shape index (κ2) is 6.24. The Morgan fingerprint density at radius 2 is 2.21 bits per heavy atom. The molecule has 2 aromatic rings. The van der Waals surface area contributed by atoms with Crippen LogP contribution >= 0.6 is 11.8 Å². The Kier molecular flexibility index (Phi) is 4.40. The summed E-state index contributed by atoms with van der Waals surface area (Å²) in [6.07, 6.45) is 0. The fourth-order valence-electron chi connectivity index (χ4n) is 1.37. The largest absolute Gasteiger partial charge is 0.490 e. The second-order valence-corrected chi connectivity index (χ2v) is 4.69. The van der Waals surface area contributed by atoms with E-state index in [-0.39, 0.29) is 17.1 Å². The van der Waals surface area contributed by atoms with E-state index in [1.807, 2.05) is 0 Å². The van der Waals surface area contributed by atoms with Crippen molar-refractivity contribution in [1.82, 2.24) is 9.97 Å². The molecule has 0 aliphatic rings. The second-order valence-electron chi connectivity index (χ2n) is 3.60. The van der Waals surface area contributed by atoms with Crippen molar-refractivity contribution in [2.45, 2.75) is 5.16 Å². The third-order valence-electron chi connectivity index (χ3n) is 2.16. The van der Waals surface area contributed by atoms with E-state index in [2.05, 4.69) is 9.97 Å². The molecule has 0 radical (unpaired) electrons. The average molecular weight is 281 g/mol. The summed E-state index contributed by atoms with van der Waals surface area (Å²) in [5.74, 6) is 0.488. The summed E-state index contributed by atoms with van der Waals surface area (Å²) in [6.45, 7) is 0.296. The zero-order chi connectivity index (χ0) is 13.7. The summed E-state index contributed by atoms with van der Waals surface area (Å²) in [7, 11) is 0. The minimum atomic E-state index is -0.400. The lowest BCUT2D eigenvalue weighted by molar-refractivity contribution is 0.325. The van der Waals surface area contributed by atoms with Crippen molar-refractivity contribution in [3.8, 4) is 5.75 Å². The summed E-state index contributed by atoms with van der Waals surface area (Å²) in [5.41, 5.74) is 5.15. The Hall–Kier alpha value is -2.02. The summed E-state index contributed by atoms with van der Waals surface area (Å²) in [4.78, 5) is 17.6. The van der Waals surface area contributed by atoms with Crippen molar-refractivity contribution in [3.63, 3.8) is 0 Å². The number of hydrogen-bond acceptors (Lipinski definition) is 5. The van der Waals surface area contributed by atoms with Crippen LogP contribution in [0, 0.1) is 5.82 Å². The molecule has 100 valence electrons. The Morgan fingerprint density at radius 3 is 2.95 bits per heavy atom. The summed E-state index contributed by atoms with van der Waals surface area (Å²) < 4.78 is 18.5. The van der Waals surface area contributed by atoms with Crippen LogP contribution in [0.5, 0.6) is 5.75 Å². The molecule has 0 fully saturated rings. The summed E-state index contributed by atoms with van der Waals surface area (Å²) in [5, 5.41) is 0.419. The zero-order valence-corrected chi connectivity index (χ0v) is 10.7. The molecule has 0 saturated carbocycles. The molecule has 0 aliphatic heterocycles. The van der Waals surface area contributed by atoms with E-state index in [9.17, 15) is 9.18 Å². The predicted molar refractivity (Wildman–Crippen MR) is 71.9 cm³/mol. The Bertz CT molecular complexity index is 618. The van der Waals surface area contributed by atoms with Crippen molar-refractivity contribution in [2.75, 3.05) is 18.1 Å². The maximum atomic E-state index is 13.2. The third-order valence-corrected chi connectivity index (χ3v) is 2.99. The van der Waals surface area contributed by atoms with Gasteiger partial charge in [-0.1, -0.05) is 23.9 Å². The molecule has 0 amide bonds. The van der Waals surface area contributed by atoms with Gasteiger partial charge in [0.05, 0.1) is 6.61 Å². The number of nitrogens with two attached hydrogens (primary N) is 1. The Labute approximate surface area is 113 Å². The van der Waals surface area contributed by atoms with Gasteiger partial charge in [0.25, 0.3) is 5.56 Å². The van der Waals surface area contributed by atoms with E-state index in [1.54, 1.807) is 18.2 Å². The topological polar surface area (TPSA) is 81.0 Å². The number of ether oxygens (including phenoxy) is 1. The van der Waals surface area contributed by atoms with Gasteiger partial charge in [0.15, 0.2) is 16.7 Å². The summed E-state index contributed by atoms with van der Waals surface area (Å²) in [6, 6.07) is 7.39. The lowest BCUT2D eigenvalue weighted by atomic mass is 10.3. The number of nitrogens with one attached hydrogen (secondary N) is 1. The van der Waals surface area contributed by atoms with Gasteiger partial charge in [0.2, 0.25) is 0 Å². The van der Waals surface area contributed by atoms with Crippen LogP contribution in [0.1, 0.15) is 0 Å². The molecular formula is C12H12FN3O2S. The number of benzene rings is 1. The van der Waals surface area contributed by atoms with E-state index in [1.165, 1.54) is 23.9 Å². The van der Waals surface area contributed by atoms with Crippen molar-refractivity contribution in [2.24, 2.45) is 0 Å². The van der Waals surface area contributed by atoms with Gasteiger partial charge in [0, 0.05) is 11.8 Å². The molecule has 0 saturated heterocycles. The van der Waals surface area contributed by atoms with Crippen LogP contribution in [0.4, 0.5) is 10.2 Å². The number of nitrogen functional groups attached to an aromatic ring is 1. The number of hydrogen-bond donors (Lipinski definition) is 2. The highest BCUT2D eigenvalue weighted by Crippen LogP contribution is 2.17. The molecule has 3 N–H and O–H groups in total.